The summed E-state index contributed by atoms with van der Waals surface area (Å²) in [5.41, 5.74) is 2.12. The van der Waals surface area contributed by atoms with E-state index < -0.39 is 0 Å². The Morgan fingerprint density at radius 3 is 2.62 bits per heavy atom. The molecule has 0 radical (unpaired) electrons. The second-order valence-corrected chi connectivity index (χ2v) is 5.07. The Labute approximate surface area is 127 Å². The molecular weight excluding hydrogens is 288 g/mol. The molecule has 0 bridgehead atoms. The Bertz CT molecular complexity index is 629. The van der Waals surface area contributed by atoms with Crippen LogP contribution in [0.1, 0.15) is 28.4 Å². The van der Waals surface area contributed by atoms with Crippen LogP contribution in [0.5, 0.6) is 5.88 Å². The lowest BCUT2D eigenvalue weighted by molar-refractivity contribution is 0.0526. The number of aromatic nitrogens is 2. The van der Waals surface area contributed by atoms with Crippen LogP contribution in [0.4, 0.5) is 0 Å². The maximum Gasteiger partial charge on any atom is 0.338 e. The highest BCUT2D eigenvalue weighted by atomic mass is 32.2. The van der Waals surface area contributed by atoms with E-state index in [0.29, 0.717) is 29.3 Å². The van der Waals surface area contributed by atoms with Gasteiger partial charge in [-0.2, -0.15) is 4.98 Å². The predicted octanol–water partition coefficient (Wildman–Crippen LogP) is 2.67. The van der Waals surface area contributed by atoms with Gasteiger partial charge in [-0.05, 0) is 30.9 Å². The zero-order valence-corrected chi connectivity index (χ0v) is 12.7. The minimum Gasteiger partial charge on any atom is -0.493 e. The second-order valence-electron chi connectivity index (χ2n) is 4.30. The van der Waals surface area contributed by atoms with Crippen LogP contribution in [0.2, 0.25) is 0 Å². The maximum atomic E-state index is 11.6. The highest BCUT2D eigenvalue weighted by molar-refractivity contribution is 7.98. The predicted molar refractivity (Wildman–Crippen MR) is 80.7 cm³/mol. The summed E-state index contributed by atoms with van der Waals surface area (Å²) in [6.07, 6.45) is 3.97. The van der Waals surface area contributed by atoms with E-state index in [1.165, 1.54) is 11.8 Å². The van der Waals surface area contributed by atoms with E-state index in [-0.39, 0.29) is 11.8 Å². The van der Waals surface area contributed by atoms with E-state index in [0.717, 1.165) is 5.56 Å². The molecule has 2 aromatic rings. The molecule has 0 fully saturated rings. The number of esters is 1. The Morgan fingerprint density at radius 2 is 2.05 bits per heavy atom. The van der Waals surface area contributed by atoms with Gasteiger partial charge in [-0.25, -0.2) is 9.78 Å². The summed E-state index contributed by atoms with van der Waals surface area (Å²) >= 11 is 1.37. The Kier molecular flexibility index (Phi) is 5.16. The number of thioether (sulfide) groups is 1. The van der Waals surface area contributed by atoms with Crippen LogP contribution in [0.15, 0.2) is 35.6 Å². The van der Waals surface area contributed by atoms with Gasteiger partial charge in [0.05, 0.1) is 12.2 Å². The fourth-order valence-electron chi connectivity index (χ4n) is 1.80. The number of rotatable bonds is 5. The molecule has 110 valence electrons. The van der Waals surface area contributed by atoms with Gasteiger partial charge in [0.25, 0.3) is 0 Å². The molecule has 1 aromatic heterocycles. The number of nitrogens with zero attached hydrogens (tertiary/aromatic N) is 2. The molecule has 0 saturated carbocycles. The van der Waals surface area contributed by atoms with E-state index in [4.69, 9.17) is 4.74 Å². The van der Waals surface area contributed by atoms with Crippen LogP contribution in [-0.2, 0) is 11.2 Å². The van der Waals surface area contributed by atoms with Gasteiger partial charge < -0.3 is 9.84 Å². The normalized spacial score (nSPS) is 10.4. The van der Waals surface area contributed by atoms with Crippen molar-refractivity contribution in [3.05, 3.63) is 47.2 Å². The van der Waals surface area contributed by atoms with Gasteiger partial charge in [-0.15, -0.1) is 0 Å². The molecule has 0 aliphatic rings. The van der Waals surface area contributed by atoms with Gasteiger partial charge >= 0.3 is 5.97 Å². The molecule has 0 amide bonds. The average Bonchev–Trinajstić information content (AvgIpc) is 2.50. The Balaban J connectivity index is 2.11. The summed E-state index contributed by atoms with van der Waals surface area (Å²) in [6.45, 7) is 2.13. The van der Waals surface area contributed by atoms with Crippen LogP contribution in [0.25, 0.3) is 0 Å². The third-order valence-corrected chi connectivity index (χ3v) is 3.42. The summed E-state index contributed by atoms with van der Waals surface area (Å²) in [5, 5.41) is 10.4. The number of aromatic hydroxyl groups is 1. The second kappa shape index (κ2) is 7.08. The molecule has 1 heterocycles. The third kappa shape index (κ3) is 3.95. The lowest BCUT2D eigenvalue weighted by Gasteiger charge is -2.06. The number of hydrogen-bond donors (Lipinski definition) is 1. The summed E-state index contributed by atoms with van der Waals surface area (Å²) in [7, 11) is 0. The molecule has 6 heteroatoms. The number of ether oxygens (including phenoxy) is 1. The fourth-order valence-corrected chi connectivity index (χ4v) is 2.13. The first-order chi connectivity index (χ1) is 10.1. The lowest BCUT2D eigenvalue weighted by atomic mass is 10.1. The van der Waals surface area contributed by atoms with Crippen molar-refractivity contribution in [3.63, 3.8) is 0 Å². The lowest BCUT2D eigenvalue weighted by Crippen LogP contribution is -2.04. The van der Waals surface area contributed by atoms with Gasteiger partial charge in [0.2, 0.25) is 5.88 Å². The van der Waals surface area contributed by atoms with Crippen molar-refractivity contribution >= 4 is 17.7 Å². The molecule has 2 rings (SSSR count). The van der Waals surface area contributed by atoms with E-state index in [9.17, 15) is 9.90 Å². The topological polar surface area (TPSA) is 72.3 Å². The minimum absolute atomic E-state index is 0.0104. The van der Waals surface area contributed by atoms with E-state index in [1.54, 1.807) is 25.3 Å². The number of hydrogen-bond acceptors (Lipinski definition) is 6. The van der Waals surface area contributed by atoms with Crippen molar-refractivity contribution < 1.29 is 14.6 Å². The average molecular weight is 304 g/mol. The summed E-state index contributed by atoms with van der Waals surface area (Å²) < 4.78 is 4.93. The maximum absolute atomic E-state index is 11.6. The van der Waals surface area contributed by atoms with Crippen LogP contribution in [0, 0.1) is 0 Å². The zero-order valence-electron chi connectivity index (χ0n) is 11.9. The van der Waals surface area contributed by atoms with Gasteiger partial charge in [-0.3, -0.25) is 0 Å². The largest absolute Gasteiger partial charge is 0.493 e. The fraction of sp³-hybridized carbons (Fsp3) is 0.267. The molecule has 5 nitrogen and oxygen atoms in total. The zero-order chi connectivity index (χ0) is 15.2. The molecule has 1 N–H and O–H groups in total. The van der Waals surface area contributed by atoms with Crippen molar-refractivity contribution in [1.82, 2.24) is 9.97 Å². The van der Waals surface area contributed by atoms with Crippen LogP contribution >= 0.6 is 11.8 Å². The Morgan fingerprint density at radius 1 is 1.33 bits per heavy atom. The molecule has 21 heavy (non-hydrogen) atoms. The molecule has 0 unspecified atom stereocenters. The van der Waals surface area contributed by atoms with Gasteiger partial charge in [0.1, 0.15) is 0 Å². The van der Waals surface area contributed by atoms with E-state index in [1.807, 2.05) is 18.4 Å². The van der Waals surface area contributed by atoms with Crippen LogP contribution in [0.3, 0.4) is 0 Å². The molecule has 1 aromatic carbocycles. The third-order valence-electron chi connectivity index (χ3n) is 2.86. The summed E-state index contributed by atoms with van der Waals surface area (Å²) in [6, 6.07) is 7.07. The summed E-state index contributed by atoms with van der Waals surface area (Å²) in [5.74, 6) is -0.344. The molecule has 0 aliphatic heterocycles. The van der Waals surface area contributed by atoms with Gasteiger partial charge in [-0.1, -0.05) is 23.9 Å². The SMILES string of the molecule is CCOC(=O)c1ccc(Cc2cnc(SC)nc2O)cc1. The monoisotopic (exact) mass is 304 g/mol. The number of carbonyl (C=O) groups excluding carboxylic acids is 1. The van der Waals surface area contributed by atoms with E-state index in [2.05, 4.69) is 9.97 Å². The van der Waals surface area contributed by atoms with Crippen molar-refractivity contribution in [2.24, 2.45) is 0 Å². The molecule has 0 spiro atoms. The standard InChI is InChI=1S/C15H16N2O3S/c1-3-20-14(19)11-6-4-10(5-7-11)8-12-9-16-15(21-2)17-13(12)18/h4-7,9H,3,8H2,1-2H3,(H,16,17,18). The smallest absolute Gasteiger partial charge is 0.338 e. The van der Waals surface area contributed by atoms with Crippen molar-refractivity contribution in [2.45, 2.75) is 18.5 Å². The highest BCUT2D eigenvalue weighted by Crippen LogP contribution is 2.20. The minimum atomic E-state index is -0.334. The van der Waals surface area contributed by atoms with Crippen molar-refractivity contribution in [1.29, 1.82) is 0 Å². The van der Waals surface area contributed by atoms with Crippen molar-refractivity contribution in [2.75, 3.05) is 12.9 Å². The quantitative estimate of drug-likeness (QED) is 0.520. The molecule has 0 aliphatic carbocycles. The number of carbonyl (C=O) groups is 1. The van der Waals surface area contributed by atoms with Crippen LogP contribution < -0.4 is 0 Å². The first-order valence-corrected chi connectivity index (χ1v) is 7.71. The van der Waals surface area contributed by atoms with Gasteiger partial charge in [0.15, 0.2) is 5.16 Å². The van der Waals surface area contributed by atoms with Crippen LogP contribution in [-0.4, -0.2) is 33.9 Å². The highest BCUT2D eigenvalue weighted by Gasteiger charge is 2.09. The molecular formula is C15H16N2O3S. The van der Waals surface area contributed by atoms with E-state index >= 15 is 0 Å². The first-order valence-electron chi connectivity index (χ1n) is 6.49. The first kappa shape index (κ1) is 15.3. The van der Waals surface area contributed by atoms with Gasteiger partial charge in [0, 0.05) is 18.2 Å². The number of benzene rings is 1. The molecule has 0 atom stereocenters. The summed E-state index contributed by atoms with van der Waals surface area (Å²) in [4.78, 5) is 19.7. The Hall–Kier alpha value is -2.08. The van der Waals surface area contributed by atoms with Crippen molar-refractivity contribution in [3.8, 4) is 5.88 Å². The molecule has 0 saturated heterocycles.